The number of hydrogen-bond acceptors (Lipinski definition) is 3. The van der Waals surface area contributed by atoms with Crippen LogP contribution in [0.15, 0.2) is 41.8 Å². The molecule has 0 radical (unpaired) electrons. The Morgan fingerprint density at radius 2 is 1.94 bits per heavy atom. The number of thiophene rings is 1. The van der Waals surface area contributed by atoms with E-state index in [0.29, 0.717) is 9.87 Å². The molecular formula is C12H10N2OS2. The third kappa shape index (κ3) is 2.89. The highest BCUT2D eigenvalue weighted by Crippen LogP contribution is 2.14. The van der Waals surface area contributed by atoms with Crippen molar-refractivity contribution in [2.24, 2.45) is 5.73 Å². The van der Waals surface area contributed by atoms with Crippen LogP contribution in [0.5, 0.6) is 0 Å². The molecule has 0 saturated heterocycles. The van der Waals surface area contributed by atoms with Crippen molar-refractivity contribution >= 4 is 40.1 Å². The average Bonchev–Trinajstić information content (AvgIpc) is 2.83. The lowest BCUT2D eigenvalue weighted by Gasteiger charge is -2.04. The first kappa shape index (κ1) is 11.8. The van der Waals surface area contributed by atoms with Gasteiger partial charge in [-0.25, -0.2) is 0 Å². The summed E-state index contributed by atoms with van der Waals surface area (Å²) in [5, 5.41) is 4.66. The fourth-order valence-electron chi connectivity index (χ4n) is 1.32. The van der Waals surface area contributed by atoms with Crippen molar-refractivity contribution in [1.29, 1.82) is 0 Å². The highest BCUT2D eigenvalue weighted by molar-refractivity contribution is 7.80. The zero-order valence-corrected chi connectivity index (χ0v) is 10.5. The number of thiocarbonyl (C=S) groups is 1. The molecule has 0 unspecified atom stereocenters. The minimum Gasteiger partial charge on any atom is -0.389 e. The molecule has 1 aromatic carbocycles. The van der Waals surface area contributed by atoms with Gasteiger partial charge in [-0.1, -0.05) is 18.3 Å². The Hall–Kier alpha value is -1.72. The molecule has 0 bridgehead atoms. The quantitative estimate of drug-likeness (QED) is 0.836. The summed E-state index contributed by atoms with van der Waals surface area (Å²) >= 11 is 6.26. The number of amides is 1. The van der Waals surface area contributed by atoms with Gasteiger partial charge in [0, 0.05) is 11.3 Å². The van der Waals surface area contributed by atoms with Crippen LogP contribution in [0.3, 0.4) is 0 Å². The van der Waals surface area contributed by atoms with E-state index in [1.54, 1.807) is 30.3 Å². The fourth-order valence-corrected chi connectivity index (χ4v) is 2.07. The summed E-state index contributed by atoms with van der Waals surface area (Å²) in [7, 11) is 0. The van der Waals surface area contributed by atoms with E-state index >= 15 is 0 Å². The molecule has 3 nitrogen and oxygen atoms in total. The number of benzene rings is 1. The van der Waals surface area contributed by atoms with Crippen LogP contribution in [0.4, 0.5) is 5.69 Å². The molecule has 2 aromatic rings. The first-order valence-electron chi connectivity index (χ1n) is 4.91. The SMILES string of the molecule is NC(=S)c1ccc(NC(=O)c2cccs2)cc1. The molecule has 0 saturated carbocycles. The second-order valence-corrected chi connectivity index (χ2v) is 4.76. The third-order valence-corrected chi connectivity index (χ3v) is 3.28. The van der Waals surface area contributed by atoms with Crippen molar-refractivity contribution in [3.8, 4) is 0 Å². The summed E-state index contributed by atoms with van der Waals surface area (Å²) in [5.41, 5.74) is 7.00. The molecule has 0 atom stereocenters. The van der Waals surface area contributed by atoms with Crippen molar-refractivity contribution in [3.05, 3.63) is 52.2 Å². The monoisotopic (exact) mass is 262 g/mol. The van der Waals surface area contributed by atoms with Gasteiger partial charge in [-0.15, -0.1) is 11.3 Å². The normalized spacial score (nSPS) is 9.88. The predicted octanol–water partition coefficient (Wildman–Crippen LogP) is 2.63. The molecule has 0 aliphatic rings. The van der Waals surface area contributed by atoms with Crippen LogP contribution in [0.2, 0.25) is 0 Å². The Kier molecular flexibility index (Phi) is 3.51. The molecule has 1 aromatic heterocycles. The van der Waals surface area contributed by atoms with Crippen LogP contribution in [0.25, 0.3) is 0 Å². The number of rotatable bonds is 3. The van der Waals surface area contributed by atoms with Crippen molar-refractivity contribution in [2.45, 2.75) is 0 Å². The van der Waals surface area contributed by atoms with Crippen LogP contribution in [-0.2, 0) is 0 Å². The standard InChI is InChI=1S/C12H10N2OS2/c13-11(16)8-3-5-9(6-4-8)14-12(15)10-2-1-7-17-10/h1-7H,(H2,13,16)(H,14,15). The molecule has 86 valence electrons. The number of hydrogen-bond donors (Lipinski definition) is 2. The van der Waals surface area contributed by atoms with Gasteiger partial charge in [-0.05, 0) is 35.7 Å². The molecule has 1 heterocycles. The molecule has 2 rings (SSSR count). The number of carbonyl (C=O) groups is 1. The highest BCUT2D eigenvalue weighted by atomic mass is 32.1. The van der Waals surface area contributed by atoms with Gasteiger partial charge in [0.2, 0.25) is 0 Å². The smallest absolute Gasteiger partial charge is 0.265 e. The number of nitrogens with two attached hydrogens (primary N) is 1. The van der Waals surface area contributed by atoms with Crippen molar-refractivity contribution in [3.63, 3.8) is 0 Å². The summed E-state index contributed by atoms with van der Waals surface area (Å²) in [6.45, 7) is 0. The zero-order chi connectivity index (χ0) is 12.3. The molecule has 3 N–H and O–H groups in total. The molecule has 0 fully saturated rings. The van der Waals surface area contributed by atoms with Gasteiger partial charge in [0.15, 0.2) is 0 Å². The highest BCUT2D eigenvalue weighted by Gasteiger charge is 2.06. The van der Waals surface area contributed by atoms with E-state index < -0.39 is 0 Å². The minimum atomic E-state index is -0.108. The Morgan fingerprint density at radius 3 is 2.47 bits per heavy atom. The fraction of sp³-hybridized carbons (Fsp3) is 0. The number of anilines is 1. The van der Waals surface area contributed by atoms with E-state index in [1.165, 1.54) is 11.3 Å². The maximum absolute atomic E-state index is 11.7. The Balaban J connectivity index is 2.09. The van der Waals surface area contributed by atoms with Gasteiger partial charge >= 0.3 is 0 Å². The first-order chi connectivity index (χ1) is 8.16. The Bertz CT molecular complexity index is 532. The van der Waals surface area contributed by atoms with E-state index in [0.717, 1.165) is 11.3 Å². The zero-order valence-electron chi connectivity index (χ0n) is 8.84. The Labute approximate surface area is 108 Å². The summed E-state index contributed by atoms with van der Waals surface area (Å²) in [6.07, 6.45) is 0. The van der Waals surface area contributed by atoms with Crippen molar-refractivity contribution in [1.82, 2.24) is 0 Å². The second-order valence-electron chi connectivity index (χ2n) is 3.37. The van der Waals surface area contributed by atoms with Crippen LogP contribution < -0.4 is 11.1 Å². The van der Waals surface area contributed by atoms with Crippen LogP contribution in [0.1, 0.15) is 15.2 Å². The first-order valence-corrected chi connectivity index (χ1v) is 6.20. The number of carbonyl (C=O) groups excluding carboxylic acids is 1. The number of nitrogens with one attached hydrogen (secondary N) is 1. The van der Waals surface area contributed by atoms with Crippen LogP contribution >= 0.6 is 23.6 Å². The summed E-state index contributed by atoms with van der Waals surface area (Å²) < 4.78 is 0. The molecule has 0 aliphatic carbocycles. The minimum absolute atomic E-state index is 0.108. The molecule has 17 heavy (non-hydrogen) atoms. The maximum atomic E-state index is 11.7. The topological polar surface area (TPSA) is 55.1 Å². The second kappa shape index (κ2) is 5.07. The van der Waals surface area contributed by atoms with Gasteiger partial charge in [-0.3, -0.25) is 4.79 Å². The third-order valence-electron chi connectivity index (χ3n) is 2.17. The largest absolute Gasteiger partial charge is 0.389 e. The lowest BCUT2D eigenvalue weighted by Crippen LogP contribution is -2.11. The van der Waals surface area contributed by atoms with Gasteiger partial charge in [0.25, 0.3) is 5.91 Å². The summed E-state index contributed by atoms with van der Waals surface area (Å²) in [6, 6.07) is 10.7. The van der Waals surface area contributed by atoms with E-state index in [-0.39, 0.29) is 5.91 Å². The van der Waals surface area contributed by atoms with Gasteiger partial charge in [-0.2, -0.15) is 0 Å². The summed E-state index contributed by atoms with van der Waals surface area (Å²) in [5.74, 6) is -0.108. The Morgan fingerprint density at radius 1 is 1.24 bits per heavy atom. The van der Waals surface area contributed by atoms with Crippen molar-refractivity contribution in [2.75, 3.05) is 5.32 Å². The summed E-state index contributed by atoms with van der Waals surface area (Å²) in [4.78, 5) is 12.8. The van der Waals surface area contributed by atoms with Gasteiger partial charge < -0.3 is 11.1 Å². The van der Waals surface area contributed by atoms with E-state index in [4.69, 9.17) is 18.0 Å². The lowest BCUT2D eigenvalue weighted by molar-refractivity contribution is 0.103. The van der Waals surface area contributed by atoms with Gasteiger partial charge in [0.05, 0.1) is 4.88 Å². The maximum Gasteiger partial charge on any atom is 0.265 e. The van der Waals surface area contributed by atoms with E-state index in [1.807, 2.05) is 11.4 Å². The molecule has 0 aliphatic heterocycles. The van der Waals surface area contributed by atoms with Crippen molar-refractivity contribution < 1.29 is 4.79 Å². The van der Waals surface area contributed by atoms with E-state index in [2.05, 4.69) is 5.32 Å². The van der Waals surface area contributed by atoms with Crippen LogP contribution in [-0.4, -0.2) is 10.9 Å². The molecular weight excluding hydrogens is 252 g/mol. The van der Waals surface area contributed by atoms with Crippen LogP contribution in [0, 0.1) is 0 Å². The van der Waals surface area contributed by atoms with Gasteiger partial charge in [0.1, 0.15) is 4.99 Å². The van der Waals surface area contributed by atoms with E-state index in [9.17, 15) is 4.79 Å². The predicted molar refractivity (Wildman–Crippen MR) is 74.6 cm³/mol. The molecule has 0 spiro atoms. The molecule has 1 amide bonds. The molecule has 5 heteroatoms. The average molecular weight is 262 g/mol. The lowest BCUT2D eigenvalue weighted by atomic mass is 10.2.